The molecular weight excluding hydrogens is 532 g/mol. The summed E-state index contributed by atoms with van der Waals surface area (Å²) in [6.07, 6.45) is 0.729. The Bertz CT molecular complexity index is 1330. The van der Waals surface area contributed by atoms with Gasteiger partial charge in [-0.3, -0.25) is 9.52 Å². The third-order valence-corrected chi connectivity index (χ3v) is 7.32. The van der Waals surface area contributed by atoms with E-state index in [-0.39, 0.29) is 21.4 Å². The van der Waals surface area contributed by atoms with E-state index in [0.717, 1.165) is 28.2 Å². The lowest BCUT2D eigenvalue weighted by Gasteiger charge is -2.17. The van der Waals surface area contributed by atoms with Gasteiger partial charge in [0.2, 0.25) is 0 Å². The SMILES string of the molecule is O=C(OCC(=O)N1CCc2ccccc21)c1cc(S(=O)(=O)Nc2ccc(Br)cc2)ccc1Cl. The molecule has 1 amide bonds. The van der Waals surface area contributed by atoms with Crippen LogP contribution in [0, 0.1) is 0 Å². The van der Waals surface area contributed by atoms with Crippen LogP contribution in [0.25, 0.3) is 0 Å². The highest BCUT2D eigenvalue weighted by atomic mass is 79.9. The first kappa shape index (κ1) is 23.3. The van der Waals surface area contributed by atoms with Crippen molar-refractivity contribution < 1.29 is 22.7 Å². The first-order chi connectivity index (χ1) is 15.7. The molecule has 0 saturated heterocycles. The van der Waals surface area contributed by atoms with Crippen molar-refractivity contribution in [2.75, 3.05) is 22.8 Å². The molecule has 10 heteroatoms. The van der Waals surface area contributed by atoms with Gasteiger partial charge in [-0.15, -0.1) is 0 Å². The number of carbonyl (C=O) groups excluding carboxylic acids is 2. The summed E-state index contributed by atoms with van der Waals surface area (Å²) >= 11 is 9.40. The smallest absolute Gasteiger partial charge is 0.340 e. The molecule has 0 aliphatic carbocycles. The Hall–Kier alpha value is -2.88. The molecule has 1 aliphatic heterocycles. The number of rotatable bonds is 6. The molecule has 3 aromatic rings. The fourth-order valence-corrected chi connectivity index (χ4v) is 4.98. The van der Waals surface area contributed by atoms with Crippen LogP contribution in [-0.2, 0) is 26.0 Å². The Balaban J connectivity index is 1.46. The molecule has 0 spiro atoms. The summed E-state index contributed by atoms with van der Waals surface area (Å²) in [6, 6.07) is 17.8. The van der Waals surface area contributed by atoms with Gasteiger partial charge in [0.05, 0.1) is 15.5 Å². The molecule has 1 N–H and O–H groups in total. The summed E-state index contributed by atoms with van der Waals surface area (Å²) in [5.41, 5.74) is 2.05. The van der Waals surface area contributed by atoms with E-state index in [1.54, 1.807) is 29.2 Å². The van der Waals surface area contributed by atoms with E-state index in [1.165, 1.54) is 12.1 Å². The first-order valence-corrected chi connectivity index (χ1v) is 12.5. The van der Waals surface area contributed by atoms with E-state index in [1.807, 2.05) is 24.3 Å². The van der Waals surface area contributed by atoms with Gasteiger partial charge in [0.1, 0.15) is 0 Å². The van der Waals surface area contributed by atoms with Crippen molar-refractivity contribution in [3.63, 3.8) is 0 Å². The minimum atomic E-state index is -3.98. The van der Waals surface area contributed by atoms with Crippen molar-refractivity contribution in [1.29, 1.82) is 0 Å². The van der Waals surface area contributed by atoms with Crippen molar-refractivity contribution in [2.24, 2.45) is 0 Å². The summed E-state index contributed by atoms with van der Waals surface area (Å²) < 4.78 is 33.9. The van der Waals surface area contributed by atoms with E-state index in [0.29, 0.717) is 12.2 Å². The second-order valence-electron chi connectivity index (χ2n) is 7.25. The van der Waals surface area contributed by atoms with Gasteiger partial charge in [0.25, 0.3) is 15.9 Å². The number of amides is 1. The Morgan fingerprint density at radius 2 is 1.79 bits per heavy atom. The maximum atomic E-state index is 12.8. The van der Waals surface area contributed by atoms with Crippen LogP contribution in [0.3, 0.4) is 0 Å². The Morgan fingerprint density at radius 3 is 2.55 bits per heavy atom. The lowest BCUT2D eigenvalue weighted by Crippen LogP contribution is -2.33. The van der Waals surface area contributed by atoms with Crippen LogP contribution in [0.4, 0.5) is 11.4 Å². The Kier molecular flexibility index (Phi) is 6.73. The van der Waals surface area contributed by atoms with Crippen LogP contribution in [0.15, 0.2) is 76.1 Å². The van der Waals surface area contributed by atoms with Gasteiger partial charge in [0, 0.05) is 22.4 Å². The third kappa shape index (κ3) is 5.21. The number of esters is 1. The number of para-hydroxylation sites is 1. The zero-order chi connectivity index (χ0) is 23.6. The number of hydrogen-bond donors (Lipinski definition) is 1. The number of sulfonamides is 1. The van der Waals surface area contributed by atoms with E-state index < -0.39 is 22.6 Å². The zero-order valence-electron chi connectivity index (χ0n) is 17.1. The monoisotopic (exact) mass is 548 g/mol. The van der Waals surface area contributed by atoms with Gasteiger partial charge in [0.15, 0.2) is 6.61 Å². The van der Waals surface area contributed by atoms with E-state index in [4.69, 9.17) is 16.3 Å². The molecule has 0 atom stereocenters. The quantitative estimate of drug-likeness (QED) is 0.452. The minimum Gasteiger partial charge on any atom is -0.452 e. The predicted octanol–water partition coefficient (Wildman–Crippen LogP) is 4.65. The lowest BCUT2D eigenvalue weighted by molar-refractivity contribution is -0.121. The number of nitrogens with one attached hydrogen (secondary N) is 1. The zero-order valence-corrected chi connectivity index (χ0v) is 20.3. The van der Waals surface area contributed by atoms with Gasteiger partial charge in [-0.25, -0.2) is 13.2 Å². The summed E-state index contributed by atoms with van der Waals surface area (Å²) in [5.74, 6) is -1.26. The molecule has 0 aromatic heterocycles. The lowest BCUT2D eigenvalue weighted by atomic mass is 10.2. The normalized spacial score (nSPS) is 12.8. The van der Waals surface area contributed by atoms with E-state index in [2.05, 4.69) is 20.7 Å². The number of ether oxygens (including phenoxy) is 1. The second-order valence-corrected chi connectivity index (χ2v) is 10.3. The molecule has 7 nitrogen and oxygen atoms in total. The third-order valence-electron chi connectivity index (χ3n) is 5.08. The van der Waals surface area contributed by atoms with Crippen LogP contribution in [-0.4, -0.2) is 33.4 Å². The highest BCUT2D eigenvalue weighted by Gasteiger charge is 2.26. The number of carbonyl (C=O) groups is 2. The highest BCUT2D eigenvalue weighted by Crippen LogP contribution is 2.28. The molecule has 33 heavy (non-hydrogen) atoms. The fraction of sp³-hybridized carbons (Fsp3) is 0.130. The van der Waals surface area contributed by atoms with Gasteiger partial charge < -0.3 is 9.64 Å². The molecule has 1 aliphatic rings. The fourth-order valence-electron chi connectivity index (χ4n) is 3.44. The van der Waals surface area contributed by atoms with Gasteiger partial charge in [-0.1, -0.05) is 45.7 Å². The van der Waals surface area contributed by atoms with Crippen LogP contribution in [0.1, 0.15) is 15.9 Å². The van der Waals surface area contributed by atoms with Gasteiger partial charge in [-0.2, -0.15) is 0 Å². The van der Waals surface area contributed by atoms with Crippen molar-refractivity contribution >= 4 is 60.8 Å². The summed E-state index contributed by atoms with van der Waals surface area (Å²) in [7, 11) is -3.98. The first-order valence-electron chi connectivity index (χ1n) is 9.88. The molecule has 4 rings (SSSR count). The average molecular weight is 550 g/mol. The molecule has 0 radical (unpaired) electrons. The molecular formula is C23H18BrClN2O5S. The predicted molar refractivity (Wildman–Crippen MR) is 129 cm³/mol. The number of fused-ring (bicyclic) bond motifs is 1. The van der Waals surface area contributed by atoms with Crippen LogP contribution < -0.4 is 9.62 Å². The Morgan fingerprint density at radius 1 is 1.06 bits per heavy atom. The maximum Gasteiger partial charge on any atom is 0.340 e. The van der Waals surface area contributed by atoms with Crippen molar-refractivity contribution in [2.45, 2.75) is 11.3 Å². The van der Waals surface area contributed by atoms with Crippen molar-refractivity contribution in [3.05, 3.63) is 87.4 Å². The maximum absolute atomic E-state index is 12.8. The highest BCUT2D eigenvalue weighted by molar-refractivity contribution is 9.10. The van der Waals surface area contributed by atoms with Crippen LogP contribution in [0.2, 0.25) is 5.02 Å². The molecule has 0 unspecified atom stereocenters. The van der Waals surface area contributed by atoms with Crippen molar-refractivity contribution in [3.8, 4) is 0 Å². The minimum absolute atomic E-state index is 0.0153. The number of nitrogens with zero attached hydrogens (tertiary/aromatic N) is 1. The van der Waals surface area contributed by atoms with E-state index >= 15 is 0 Å². The van der Waals surface area contributed by atoms with Gasteiger partial charge in [-0.05, 0) is 60.5 Å². The molecule has 3 aromatic carbocycles. The van der Waals surface area contributed by atoms with Crippen LogP contribution in [0.5, 0.6) is 0 Å². The number of benzene rings is 3. The number of anilines is 2. The Labute approximate surface area is 204 Å². The molecule has 0 bridgehead atoms. The average Bonchev–Trinajstić information content (AvgIpc) is 3.23. The summed E-state index contributed by atoms with van der Waals surface area (Å²) in [4.78, 5) is 26.6. The van der Waals surface area contributed by atoms with Gasteiger partial charge >= 0.3 is 5.97 Å². The molecule has 0 saturated carbocycles. The summed E-state index contributed by atoms with van der Waals surface area (Å²) in [5, 5.41) is 0.0153. The standard InChI is InChI=1S/C23H18BrClN2O5S/c24-16-5-7-17(8-6-16)26-33(30,31)18-9-10-20(25)19(13-18)23(29)32-14-22(28)27-12-11-15-3-1-2-4-21(15)27/h1-10,13,26H,11-12,14H2. The largest absolute Gasteiger partial charge is 0.452 e. The topological polar surface area (TPSA) is 92.8 Å². The molecule has 0 fully saturated rings. The second kappa shape index (κ2) is 9.54. The van der Waals surface area contributed by atoms with Crippen LogP contribution >= 0.6 is 27.5 Å². The molecule has 1 heterocycles. The van der Waals surface area contributed by atoms with Crippen molar-refractivity contribution in [1.82, 2.24) is 0 Å². The number of halogens is 2. The van der Waals surface area contributed by atoms with E-state index in [9.17, 15) is 18.0 Å². The molecule has 170 valence electrons. The number of hydrogen-bond acceptors (Lipinski definition) is 5. The summed E-state index contributed by atoms with van der Waals surface area (Å²) in [6.45, 7) is 0.0174.